The van der Waals surface area contributed by atoms with Crippen molar-refractivity contribution in [3.8, 4) is 17.0 Å². The van der Waals surface area contributed by atoms with Crippen LogP contribution in [0.25, 0.3) is 11.3 Å². The molecule has 3 aromatic rings. The third-order valence-corrected chi connectivity index (χ3v) is 4.69. The molecule has 27 heavy (non-hydrogen) atoms. The van der Waals surface area contributed by atoms with Crippen molar-refractivity contribution in [1.82, 2.24) is 15.0 Å². The van der Waals surface area contributed by atoms with Crippen molar-refractivity contribution >= 4 is 0 Å². The number of aromatic nitrogens is 3. The highest BCUT2D eigenvalue weighted by atomic mass is 16.5. The second-order valence-corrected chi connectivity index (χ2v) is 6.56. The van der Waals surface area contributed by atoms with Crippen LogP contribution in [0.1, 0.15) is 42.5 Å². The molecule has 1 unspecified atom stereocenters. The minimum Gasteiger partial charge on any atom is -0.496 e. The molecule has 1 aromatic carbocycles. The molecular formula is C22H25N3O2. The molecule has 0 aliphatic heterocycles. The Hall–Kier alpha value is -2.79. The lowest BCUT2D eigenvalue weighted by molar-refractivity contribution is 0.274. The van der Waals surface area contributed by atoms with Crippen LogP contribution < -0.4 is 4.74 Å². The number of ether oxygens (including phenoxy) is 1. The van der Waals surface area contributed by atoms with E-state index in [0.29, 0.717) is 11.7 Å². The fourth-order valence-corrected chi connectivity index (χ4v) is 3.28. The van der Waals surface area contributed by atoms with Crippen LogP contribution in [0, 0.1) is 0 Å². The fraction of sp³-hybridized carbons (Fsp3) is 0.318. The molecule has 2 heterocycles. The highest BCUT2D eigenvalue weighted by Crippen LogP contribution is 2.28. The average molecular weight is 363 g/mol. The summed E-state index contributed by atoms with van der Waals surface area (Å²) in [7, 11) is 1.60. The number of pyridine rings is 1. The molecule has 0 fully saturated rings. The van der Waals surface area contributed by atoms with Crippen LogP contribution in [0.2, 0.25) is 0 Å². The molecule has 3 rings (SSSR count). The molecule has 5 heteroatoms. The maximum Gasteiger partial charge on any atom is 0.125 e. The predicted molar refractivity (Wildman–Crippen MR) is 106 cm³/mol. The van der Waals surface area contributed by atoms with Gasteiger partial charge in [0.2, 0.25) is 0 Å². The lowest BCUT2D eigenvalue weighted by Crippen LogP contribution is -2.06. The van der Waals surface area contributed by atoms with Crippen molar-refractivity contribution in [2.75, 3.05) is 7.11 Å². The number of aliphatic hydroxyl groups is 1. The van der Waals surface area contributed by atoms with Crippen LogP contribution in [0.4, 0.5) is 0 Å². The third-order valence-electron chi connectivity index (χ3n) is 4.69. The summed E-state index contributed by atoms with van der Waals surface area (Å²) < 4.78 is 5.37. The lowest BCUT2D eigenvalue weighted by atomic mass is 9.91. The highest BCUT2D eigenvalue weighted by molar-refractivity contribution is 5.61. The van der Waals surface area contributed by atoms with E-state index in [9.17, 15) is 5.11 Å². The predicted octanol–water partition coefficient (Wildman–Crippen LogP) is 4.17. The third kappa shape index (κ3) is 4.68. The number of rotatable bonds is 8. The van der Waals surface area contributed by atoms with E-state index in [2.05, 4.69) is 23.0 Å². The monoisotopic (exact) mass is 363 g/mol. The Labute approximate surface area is 160 Å². The van der Waals surface area contributed by atoms with Gasteiger partial charge in [-0.15, -0.1) is 0 Å². The second-order valence-electron chi connectivity index (χ2n) is 6.56. The maximum atomic E-state index is 9.40. The molecule has 0 saturated heterocycles. The van der Waals surface area contributed by atoms with Crippen LogP contribution >= 0.6 is 0 Å². The summed E-state index contributed by atoms with van der Waals surface area (Å²) in [4.78, 5) is 13.5. The summed E-state index contributed by atoms with van der Waals surface area (Å²) in [6.07, 6.45) is 10.3. The summed E-state index contributed by atoms with van der Waals surface area (Å²) in [6, 6.07) is 9.80. The molecule has 0 spiro atoms. The molecule has 1 N–H and O–H groups in total. The molecule has 2 aromatic heterocycles. The zero-order valence-corrected chi connectivity index (χ0v) is 15.8. The number of hydrogen-bond acceptors (Lipinski definition) is 5. The molecule has 0 aliphatic carbocycles. The number of methoxy groups -OCH3 is 1. The molecule has 140 valence electrons. The van der Waals surface area contributed by atoms with Gasteiger partial charge in [0.05, 0.1) is 31.3 Å². The number of aliphatic hydroxyl groups excluding tert-OH is 1. The van der Waals surface area contributed by atoms with E-state index in [-0.39, 0.29) is 6.61 Å². The first-order valence-corrected chi connectivity index (χ1v) is 9.24. The van der Waals surface area contributed by atoms with Crippen molar-refractivity contribution in [2.45, 2.75) is 38.7 Å². The number of hydrogen-bond donors (Lipinski definition) is 1. The molecule has 1 atom stereocenters. The van der Waals surface area contributed by atoms with Gasteiger partial charge in [-0.1, -0.05) is 31.5 Å². The Morgan fingerprint density at radius 1 is 1.11 bits per heavy atom. The first-order valence-electron chi connectivity index (χ1n) is 9.24. The van der Waals surface area contributed by atoms with Crippen LogP contribution in [0.5, 0.6) is 5.75 Å². The van der Waals surface area contributed by atoms with Gasteiger partial charge in [-0.3, -0.25) is 9.97 Å². The van der Waals surface area contributed by atoms with Crippen LogP contribution in [-0.2, 0) is 13.0 Å². The zero-order chi connectivity index (χ0) is 19.1. The van der Waals surface area contributed by atoms with Gasteiger partial charge in [0, 0.05) is 29.7 Å². The average Bonchev–Trinajstić information content (AvgIpc) is 2.73. The highest BCUT2D eigenvalue weighted by Gasteiger charge is 2.14. The zero-order valence-electron chi connectivity index (χ0n) is 15.8. The van der Waals surface area contributed by atoms with Gasteiger partial charge >= 0.3 is 0 Å². The quantitative estimate of drug-likeness (QED) is 0.651. The Kier molecular flexibility index (Phi) is 6.49. The summed E-state index contributed by atoms with van der Waals surface area (Å²) in [5.74, 6) is 1.03. The minimum atomic E-state index is -0.0566. The second kappa shape index (κ2) is 9.24. The van der Waals surface area contributed by atoms with E-state index >= 15 is 0 Å². The number of benzene rings is 1. The van der Waals surface area contributed by atoms with Crippen LogP contribution in [0.15, 0.2) is 55.1 Å². The van der Waals surface area contributed by atoms with Gasteiger partial charge in [-0.25, -0.2) is 4.98 Å². The Bertz CT molecular complexity index is 868. The molecule has 0 aliphatic rings. The summed E-state index contributed by atoms with van der Waals surface area (Å²) in [5.41, 5.74) is 4.68. The minimum absolute atomic E-state index is 0.0566. The largest absolute Gasteiger partial charge is 0.496 e. The number of nitrogens with zero attached hydrogens (tertiary/aromatic N) is 3. The van der Waals surface area contributed by atoms with E-state index in [1.54, 1.807) is 19.5 Å². The van der Waals surface area contributed by atoms with Gasteiger partial charge < -0.3 is 9.84 Å². The molecule has 5 nitrogen and oxygen atoms in total. The fourth-order valence-electron chi connectivity index (χ4n) is 3.28. The van der Waals surface area contributed by atoms with Crippen LogP contribution in [-0.4, -0.2) is 27.2 Å². The van der Waals surface area contributed by atoms with Crippen LogP contribution in [0.3, 0.4) is 0 Å². The standard InChI is InChI=1S/C22H25N3O2/c1-3-5-16(18-6-4-9-23-12-18)10-20-13-24-14-21(25-20)17-7-8-19(15-26)22(11-17)27-2/h4,6-9,11-14,16,26H,3,5,10,15H2,1-2H3. The van der Waals surface area contributed by atoms with Crippen molar-refractivity contribution in [1.29, 1.82) is 0 Å². The van der Waals surface area contributed by atoms with Gasteiger partial charge in [-0.2, -0.15) is 0 Å². The van der Waals surface area contributed by atoms with E-state index in [1.807, 2.05) is 36.7 Å². The Morgan fingerprint density at radius 3 is 2.70 bits per heavy atom. The molecular weight excluding hydrogens is 338 g/mol. The summed E-state index contributed by atoms with van der Waals surface area (Å²) in [5, 5.41) is 9.40. The van der Waals surface area contributed by atoms with E-state index in [0.717, 1.165) is 41.8 Å². The normalized spacial score (nSPS) is 12.0. The SMILES string of the molecule is CCCC(Cc1cncc(-c2ccc(CO)c(OC)c2)n1)c1cccnc1. The van der Waals surface area contributed by atoms with E-state index in [1.165, 1.54) is 5.56 Å². The van der Waals surface area contributed by atoms with Gasteiger partial charge in [0.25, 0.3) is 0 Å². The van der Waals surface area contributed by atoms with Crippen molar-refractivity contribution < 1.29 is 9.84 Å². The smallest absolute Gasteiger partial charge is 0.125 e. The van der Waals surface area contributed by atoms with E-state index < -0.39 is 0 Å². The van der Waals surface area contributed by atoms with Crippen molar-refractivity contribution in [3.05, 3.63) is 71.9 Å². The molecule has 0 saturated carbocycles. The summed E-state index contributed by atoms with van der Waals surface area (Å²) >= 11 is 0. The topological polar surface area (TPSA) is 68.1 Å². The maximum absolute atomic E-state index is 9.40. The first kappa shape index (κ1) is 19.0. The van der Waals surface area contributed by atoms with Gasteiger partial charge in [0.15, 0.2) is 0 Å². The van der Waals surface area contributed by atoms with Gasteiger partial charge in [0.1, 0.15) is 5.75 Å². The molecule has 0 radical (unpaired) electrons. The molecule has 0 bridgehead atoms. The Balaban J connectivity index is 1.87. The van der Waals surface area contributed by atoms with Crippen molar-refractivity contribution in [2.24, 2.45) is 0 Å². The van der Waals surface area contributed by atoms with E-state index in [4.69, 9.17) is 9.72 Å². The molecule has 0 amide bonds. The van der Waals surface area contributed by atoms with Gasteiger partial charge in [-0.05, 0) is 36.5 Å². The Morgan fingerprint density at radius 2 is 2.00 bits per heavy atom. The summed E-state index contributed by atoms with van der Waals surface area (Å²) in [6.45, 7) is 2.14. The lowest BCUT2D eigenvalue weighted by Gasteiger charge is -2.16. The van der Waals surface area contributed by atoms with Crippen molar-refractivity contribution in [3.63, 3.8) is 0 Å². The first-order chi connectivity index (χ1) is 13.2.